The topological polar surface area (TPSA) is 74.6 Å². The molecule has 0 radical (unpaired) electrons. The van der Waals surface area contributed by atoms with E-state index >= 15 is 0 Å². The third kappa shape index (κ3) is 2.99. The number of anilines is 2. The van der Waals surface area contributed by atoms with E-state index in [1.54, 1.807) is 6.20 Å². The van der Waals surface area contributed by atoms with Crippen molar-refractivity contribution in [2.24, 2.45) is 5.92 Å². The van der Waals surface area contributed by atoms with Gasteiger partial charge in [-0.1, -0.05) is 18.5 Å². The van der Waals surface area contributed by atoms with Gasteiger partial charge in [-0.15, -0.1) is 11.3 Å². The Labute approximate surface area is 153 Å². The number of hydroxylamine groups is 1. The Morgan fingerprint density at radius 3 is 3.08 bits per heavy atom. The second-order valence-electron chi connectivity index (χ2n) is 6.26. The predicted molar refractivity (Wildman–Crippen MR) is 100 cm³/mol. The van der Waals surface area contributed by atoms with Gasteiger partial charge >= 0.3 is 0 Å². The molecule has 3 aromatic heterocycles. The molecule has 1 aliphatic heterocycles. The average molecular weight is 380 g/mol. The second-order valence-corrected chi connectivity index (χ2v) is 7.61. The summed E-state index contributed by atoms with van der Waals surface area (Å²) in [6.07, 6.45) is 1.70. The molecular weight excluding hydrogens is 362 g/mol. The molecule has 1 saturated heterocycles. The Bertz CT molecular complexity index is 932. The third-order valence-electron chi connectivity index (χ3n) is 4.20. The minimum Gasteiger partial charge on any atom is -0.379 e. The van der Waals surface area contributed by atoms with Crippen LogP contribution in [0.5, 0.6) is 0 Å². The van der Waals surface area contributed by atoms with Crippen LogP contribution in [0.25, 0.3) is 20.3 Å². The zero-order valence-corrected chi connectivity index (χ0v) is 15.5. The maximum absolute atomic E-state index is 9.87. The first-order chi connectivity index (χ1) is 12.0. The van der Waals surface area contributed by atoms with Crippen LogP contribution < -0.4 is 9.96 Å². The van der Waals surface area contributed by atoms with Gasteiger partial charge in [-0.25, -0.2) is 10.0 Å². The summed E-state index contributed by atoms with van der Waals surface area (Å²) in [5.41, 5.74) is 0. The Morgan fingerprint density at radius 2 is 2.28 bits per heavy atom. The summed E-state index contributed by atoms with van der Waals surface area (Å²) in [4.78, 5) is 16.3. The molecule has 3 aromatic rings. The van der Waals surface area contributed by atoms with E-state index in [2.05, 4.69) is 26.8 Å². The number of hydrogen-bond acceptors (Lipinski definition) is 8. The first kappa shape index (κ1) is 16.7. The van der Waals surface area contributed by atoms with Crippen molar-refractivity contribution in [1.29, 1.82) is 0 Å². The van der Waals surface area contributed by atoms with Gasteiger partial charge in [0.2, 0.25) is 0 Å². The Morgan fingerprint density at radius 1 is 1.44 bits per heavy atom. The van der Waals surface area contributed by atoms with Gasteiger partial charge in [0, 0.05) is 31.7 Å². The molecule has 9 heteroatoms. The number of hydrogen-bond donors (Lipinski definition) is 1. The van der Waals surface area contributed by atoms with E-state index in [0.29, 0.717) is 17.7 Å². The fraction of sp³-hybridized carbons (Fsp3) is 0.438. The summed E-state index contributed by atoms with van der Waals surface area (Å²) in [6.45, 7) is 5.10. The molecule has 7 nitrogen and oxygen atoms in total. The molecule has 0 bridgehead atoms. The number of pyridine rings is 1. The van der Waals surface area contributed by atoms with Crippen LogP contribution in [-0.2, 0) is 4.74 Å². The van der Waals surface area contributed by atoms with Crippen molar-refractivity contribution in [3.8, 4) is 0 Å². The van der Waals surface area contributed by atoms with Gasteiger partial charge in [-0.3, -0.25) is 5.21 Å². The van der Waals surface area contributed by atoms with Gasteiger partial charge in [0.05, 0.1) is 23.3 Å². The monoisotopic (exact) mass is 379 g/mol. The third-order valence-corrected chi connectivity index (χ3v) is 5.71. The van der Waals surface area contributed by atoms with Crippen molar-refractivity contribution in [2.75, 3.05) is 43.3 Å². The highest BCUT2D eigenvalue weighted by Gasteiger charge is 2.23. The van der Waals surface area contributed by atoms with E-state index in [9.17, 15) is 5.21 Å². The highest BCUT2D eigenvalue weighted by molar-refractivity contribution is 7.26. The molecule has 4 rings (SSSR count). The molecule has 0 amide bonds. The number of aromatic nitrogens is 3. The van der Waals surface area contributed by atoms with Gasteiger partial charge in [-0.05, 0) is 12.0 Å². The minimum absolute atomic E-state index is 0.260. The normalized spacial score (nSPS) is 18.7. The molecule has 1 aliphatic rings. The molecular formula is C16H18ClN5O2S. The largest absolute Gasteiger partial charge is 0.379 e. The van der Waals surface area contributed by atoms with Crippen LogP contribution in [0, 0.1) is 5.92 Å². The summed E-state index contributed by atoms with van der Waals surface area (Å²) >= 11 is 7.74. The lowest BCUT2D eigenvalue weighted by Gasteiger charge is -2.24. The summed E-state index contributed by atoms with van der Waals surface area (Å²) < 4.78 is 6.54. The molecule has 1 unspecified atom stereocenters. The maximum Gasteiger partial charge on any atom is 0.252 e. The van der Waals surface area contributed by atoms with Crippen LogP contribution in [0.2, 0.25) is 5.15 Å². The van der Waals surface area contributed by atoms with Crippen molar-refractivity contribution in [2.45, 2.75) is 6.92 Å². The van der Waals surface area contributed by atoms with E-state index in [4.69, 9.17) is 16.3 Å². The van der Waals surface area contributed by atoms with E-state index < -0.39 is 0 Å². The lowest BCUT2D eigenvalue weighted by molar-refractivity contribution is 0.129. The van der Waals surface area contributed by atoms with Crippen molar-refractivity contribution in [3.63, 3.8) is 0 Å². The fourth-order valence-electron chi connectivity index (χ4n) is 3.09. The molecule has 0 saturated carbocycles. The summed E-state index contributed by atoms with van der Waals surface area (Å²) in [5.74, 6) is 1.45. The molecule has 0 spiro atoms. The van der Waals surface area contributed by atoms with Gasteiger partial charge in [0.25, 0.3) is 5.95 Å². The number of thiophene rings is 1. The Kier molecular flexibility index (Phi) is 4.36. The second kappa shape index (κ2) is 6.53. The standard InChI is InChI=1S/C16H18ClN5O2S/c1-9-7-22(5-6-24-8-9)14-11-10-3-4-18-13(17)12(10)25-15(11)20-16(19-14)21(2)23/h3-4,9,23H,5-8H2,1-2H3. The number of ether oxygens (including phenoxy) is 1. The lowest BCUT2D eigenvalue weighted by atomic mass is 10.1. The fourth-order valence-corrected chi connectivity index (χ4v) is 4.40. The molecule has 1 atom stereocenters. The van der Waals surface area contributed by atoms with Crippen LogP contribution in [-0.4, -0.2) is 53.5 Å². The van der Waals surface area contributed by atoms with E-state index in [-0.39, 0.29) is 5.95 Å². The van der Waals surface area contributed by atoms with Crippen molar-refractivity contribution in [3.05, 3.63) is 17.4 Å². The van der Waals surface area contributed by atoms with E-state index in [0.717, 1.165) is 50.9 Å². The van der Waals surface area contributed by atoms with Crippen LogP contribution in [0.15, 0.2) is 12.3 Å². The zero-order chi connectivity index (χ0) is 17.6. The smallest absolute Gasteiger partial charge is 0.252 e. The van der Waals surface area contributed by atoms with Crippen LogP contribution in [0.1, 0.15) is 6.92 Å². The molecule has 1 N–H and O–H groups in total. The molecule has 1 fully saturated rings. The van der Waals surface area contributed by atoms with Crippen molar-refractivity contribution < 1.29 is 9.94 Å². The van der Waals surface area contributed by atoms with Crippen LogP contribution in [0.3, 0.4) is 0 Å². The number of fused-ring (bicyclic) bond motifs is 3. The summed E-state index contributed by atoms with van der Waals surface area (Å²) in [5, 5.41) is 13.2. The van der Waals surface area contributed by atoms with Gasteiger partial charge < -0.3 is 9.64 Å². The molecule has 132 valence electrons. The van der Waals surface area contributed by atoms with Crippen molar-refractivity contribution >= 4 is 55.0 Å². The Balaban J connectivity index is 1.99. The molecule has 4 heterocycles. The predicted octanol–water partition coefficient (Wildman–Crippen LogP) is 3.19. The number of nitrogens with zero attached hydrogens (tertiary/aromatic N) is 5. The van der Waals surface area contributed by atoms with Gasteiger partial charge in [0.15, 0.2) is 0 Å². The number of rotatable bonds is 2. The van der Waals surface area contributed by atoms with E-state index in [1.807, 2.05) is 6.07 Å². The van der Waals surface area contributed by atoms with Gasteiger partial charge in [-0.2, -0.15) is 9.97 Å². The number of halogens is 1. The maximum atomic E-state index is 9.87. The quantitative estimate of drug-likeness (QED) is 0.541. The SMILES string of the molecule is CC1COCCN(c2nc(N(C)O)nc3sc4c(Cl)nccc4c23)C1. The van der Waals surface area contributed by atoms with E-state index in [1.165, 1.54) is 18.4 Å². The summed E-state index contributed by atoms with van der Waals surface area (Å²) in [6, 6.07) is 1.94. The molecule has 25 heavy (non-hydrogen) atoms. The first-order valence-electron chi connectivity index (χ1n) is 8.04. The van der Waals surface area contributed by atoms with Crippen LogP contribution in [0.4, 0.5) is 11.8 Å². The van der Waals surface area contributed by atoms with Crippen LogP contribution >= 0.6 is 22.9 Å². The minimum atomic E-state index is 0.260. The van der Waals surface area contributed by atoms with Gasteiger partial charge in [0.1, 0.15) is 15.8 Å². The average Bonchev–Trinajstić information content (AvgIpc) is 2.83. The zero-order valence-electron chi connectivity index (χ0n) is 13.9. The highest BCUT2D eigenvalue weighted by atomic mass is 35.5. The Hall–Kier alpha value is -1.74. The molecule has 0 aromatic carbocycles. The first-order valence-corrected chi connectivity index (χ1v) is 9.24. The summed E-state index contributed by atoms with van der Waals surface area (Å²) in [7, 11) is 1.51. The molecule has 0 aliphatic carbocycles. The lowest BCUT2D eigenvalue weighted by Crippen LogP contribution is -2.30. The highest BCUT2D eigenvalue weighted by Crippen LogP contribution is 2.41. The van der Waals surface area contributed by atoms with Crippen molar-refractivity contribution in [1.82, 2.24) is 15.0 Å².